The maximum atomic E-state index is 11.3. The Morgan fingerprint density at radius 1 is 1.62 bits per heavy atom. The van der Waals surface area contributed by atoms with Gasteiger partial charge in [0.15, 0.2) is 0 Å². The van der Waals surface area contributed by atoms with Gasteiger partial charge in [0.05, 0.1) is 0 Å². The minimum atomic E-state index is -0.917. The van der Waals surface area contributed by atoms with Gasteiger partial charge in [-0.25, -0.2) is 0 Å². The molecule has 1 unspecified atom stereocenters. The molecule has 0 aliphatic carbocycles. The number of hydrogen-bond donors (Lipinski definition) is 2. The van der Waals surface area contributed by atoms with E-state index in [4.69, 9.17) is 5.11 Å². The second kappa shape index (κ2) is 5.72. The van der Waals surface area contributed by atoms with E-state index in [2.05, 4.69) is 6.58 Å². The van der Waals surface area contributed by atoms with Crippen molar-refractivity contribution >= 4 is 5.91 Å². The molecule has 0 heterocycles. The lowest BCUT2D eigenvalue weighted by Gasteiger charge is -2.25. The van der Waals surface area contributed by atoms with E-state index < -0.39 is 18.9 Å². The number of hydrogen-bond acceptors (Lipinski definition) is 3. The molecule has 4 nitrogen and oxygen atoms in total. The Morgan fingerprint density at radius 2 is 2.15 bits per heavy atom. The van der Waals surface area contributed by atoms with Crippen molar-refractivity contribution in [2.75, 3.05) is 6.73 Å². The van der Waals surface area contributed by atoms with Crippen molar-refractivity contribution in [2.24, 2.45) is 0 Å². The molecule has 76 valence electrons. The van der Waals surface area contributed by atoms with Gasteiger partial charge in [-0.15, -0.1) is 0 Å². The number of aliphatic hydroxyl groups excluding tert-OH is 2. The van der Waals surface area contributed by atoms with Gasteiger partial charge in [-0.3, -0.25) is 9.69 Å². The molecular weight excluding hydrogens is 170 g/mol. The van der Waals surface area contributed by atoms with Crippen LogP contribution in [0.15, 0.2) is 12.2 Å². The molecule has 0 spiro atoms. The average Bonchev–Trinajstić information content (AvgIpc) is 2.05. The highest BCUT2D eigenvalue weighted by Gasteiger charge is 2.19. The van der Waals surface area contributed by atoms with Crippen molar-refractivity contribution in [3.05, 3.63) is 12.2 Å². The minimum absolute atomic E-state index is 0.309. The molecule has 0 aromatic carbocycles. The molecule has 1 amide bonds. The van der Waals surface area contributed by atoms with Crippen LogP contribution in [0.3, 0.4) is 0 Å². The predicted octanol–water partition coefficient (Wildman–Crippen LogP) is 0.459. The van der Waals surface area contributed by atoms with Crippen LogP contribution in [0.2, 0.25) is 0 Å². The zero-order valence-corrected chi connectivity index (χ0v) is 8.16. The van der Waals surface area contributed by atoms with Crippen LogP contribution in [0.1, 0.15) is 26.7 Å². The molecule has 13 heavy (non-hydrogen) atoms. The van der Waals surface area contributed by atoms with Crippen LogP contribution in [0.4, 0.5) is 0 Å². The summed E-state index contributed by atoms with van der Waals surface area (Å²) in [4.78, 5) is 12.3. The van der Waals surface area contributed by atoms with Gasteiger partial charge in [0.1, 0.15) is 13.0 Å². The standard InChI is InChI=1S/C9H17NO3/c1-4-5-8(12)10(6-11)9(13)7(2)3/h8,11-12H,2,4-6H2,1,3H3. The molecular formula is C9H17NO3. The van der Waals surface area contributed by atoms with Crippen LogP contribution in [-0.4, -0.2) is 34.0 Å². The smallest absolute Gasteiger partial charge is 0.252 e. The molecule has 0 fully saturated rings. The monoisotopic (exact) mass is 187 g/mol. The summed E-state index contributed by atoms with van der Waals surface area (Å²) in [5.41, 5.74) is 0.309. The Kier molecular flexibility index (Phi) is 5.34. The van der Waals surface area contributed by atoms with Gasteiger partial charge in [-0.05, 0) is 13.3 Å². The molecule has 4 heteroatoms. The molecule has 0 bridgehead atoms. The van der Waals surface area contributed by atoms with Crippen molar-refractivity contribution < 1.29 is 15.0 Å². The van der Waals surface area contributed by atoms with Crippen molar-refractivity contribution in [1.82, 2.24) is 4.90 Å². The number of carbonyl (C=O) groups excluding carboxylic acids is 1. The summed E-state index contributed by atoms with van der Waals surface area (Å²) >= 11 is 0. The van der Waals surface area contributed by atoms with Crippen molar-refractivity contribution in [1.29, 1.82) is 0 Å². The summed E-state index contributed by atoms with van der Waals surface area (Å²) in [6.07, 6.45) is 0.292. The number of nitrogens with zero attached hydrogens (tertiary/aromatic N) is 1. The molecule has 0 aromatic heterocycles. The number of carbonyl (C=O) groups is 1. The minimum Gasteiger partial charge on any atom is -0.376 e. The van der Waals surface area contributed by atoms with Gasteiger partial charge in [-0.1, -0.05) is 19.9 Å². The predicted molar refractivity (Wildman–Crippen MR) is 49.7 cm³/mol. The van der Waals surface area contributed by atoms with Crippen molar-refractivity contribution in [3.8, 4) is 0 Å². The fraction of sp³-hybridized carbons (Fsp3) is 0.667. The molecule has 0 radical (unpaired) electrons. The summed E-state index contributed by atoms with van der Waals surface area (Å²) in [6.45, 7) is 6.41. The van der Waals surface area contributed by atoms with Crippen LogP contribution >= 0.6 is 0 Å². The molecule has 2 N–H and O–H groups in total. The topological polar surface area (TPSA) is 60.8 Å². The second-order valence-corrected chi connectivity index (χ2v) is 2.97. The Morgan fingerprint density at radius 3 is 2.46 bits per heavy atom. The maximum absolute atomic E-state index is 11.3. The van der Waals surface area contributed by atoms with Crippen LogP contribution < -0.4 is 0 Å². The van der Waals surface area contributed by atoms with Gasteiger partial charge in [0.25, 0.3) is 5.91 Å². The highest BCUT2D eigenvalue weighted by molar-refractivity contribution is 5.92. The summed E-state index contributed by atoms with van der Waals surface area (Å²) in [5, 5.41) is 18.3. The number of amides is 1. The highest BCUT2D eigenvalue weighted by Crippen LogP contribution is 2.06. The lowest BCUT2D eigenvalue weighted by Crippen LogP contribution is -2.41. The lowest BCUT2D eigenvalue weighted by molar-refractivity contribution is -0.144. The molecule has 0 aliphatic rings. The molecule has 0 rings (SSSR count). The van der Waals surface area contributed by atoms with E-state index in [1.165, 1.54) is 0 Å². The van der Waals surface area contributed by atoms with Gasteiger partial charge >= 0.3 is 0 Å². The van der Waals surface area contributed by atoms with Crippen LogP contribution in [0, 0.1) is 0 Å². The van der Waals surface area contributed by atoms with E-state index in [0.29, 0.717) is 12.0 Å². The van der Waals surface area contributed by atoms with E-state index >= 15 is 0 Å². The average molecular weight is 187 g/mol. The second-order valence-electron chi connectivity index (χ2n) is 2.97. The first kappa shape index (κ1) is 12.1. The number of rotatable bonds is 5. The van der Waals surface area contributed by atoms with Gasteiger partial charge in [0, 0.05) is 5.57 Å². The third-order valence-electron chi connectivity index (χ3n) is 1.68. The summed E-state index contributed by atoms with van der Waals surface area (Å²) < 4.78 is 0. The van der Waals surface area contributed by atoms with Crippen molar-refractivity contribution in [3.63, 3.8) is 0 Å². The third kappa shape index (κ3) is 3.57. The Bertz CT molecular complexity index is 191. The molecule has 0 aliphatic heterocycles. The van der Waals surface area contributed by atoms with Gasteiger partial charge in [0.2, 0.25) is 0 Å². The first-order chi connectivity index (χ1) is 6.04. The normalized spacial score (nSPS) is 12.3. The molecule has 1 atom stereocenters. The van der Waals surface area contributed by atoms with E-state index in [0.717, 1.165) is 11.3 Å². The highest BCUT2D eigenvalue weighted by atomic mass is 16.3. The molecule has 0 saturated heterocycles. The summed E-state index contributed by atoms with van der Waals surface area (Å²) in [7, 11) is 0. The van der Waals surface area contributed by atoms with Gasteiger partial charge < -0.3 is 10.2 Å². The largest absolute Gasteiger partial charge is 0.376 e. The Hall–Kier alpha value is -0.870. The first-order valence-corrected chi connectivity index (χ1v) is 4.30. The zero-order chi connectivity index (χ0) is 10.4. The van der Waals surface area contributed by atoms with E-state index in [-0.39, 0.29) is 0 Å². The quantitative estimate of drug-likeness (QED) is 0.485. The summed E-state index contributed by atoms with van der Waals surface area (Å²) in [5.74, 6) is -0.413. The third-order valence-corrected chi connectivity index (χ3v) is 1.68. The Labute approximate surface area is 78.5 Å². The zero-order valence-electron chi connectivity index (χ0n) is 8.16. The molecule has 0 aromatic rings. The SMILES string of the molecule is C=C(C)C(=O)N(CO)C(O)CCC. The fourth-order valence-corrected chi connectivity index (χ4v) is 0.953. The van der Waals surface area contributed by atoms with E-state index in [1.54, 1.807) is 6.92 Å². The first-order valence-electron chi connectivity index (χ1n) is 4.30. The molecule has 0 saturated carbocycles. The number of aliphatic hydroxyl groups is 2. The lowest BCUT2D eigenvalue weighted by atomic mass is 10.2. The van der Waals surface area contributed by atoms with Gasteiger partial charge in [-0.2, -0.15) is 0 Å². The van der Waals surface area contributed by atoms with Crippen LogP contribution in [0.25, 0.3) is 0 Å². The Balaban J connectivity index is 4.31. The maximum Gasteiger partial charge on any atom is 0.252 e. The fourth-order valence-electron chi connectivity index (χ4n) is 0.953. The van der Waals surface area contributed by atoms with E-state index in [9.17, 15) is 9.90 Å². The van der Waals surface area contributed by atoms with Crippen LogP contribution in [0.5, 0.6) is 0 Å². The van der Waals surface area contributed by atoms with Crippen LogP contribution in [-0.2, 0) is 4.79 Å². The summed E-state index contributed by atoms with van der Waals surface area (Å²) in [6, 6.07) is 0. The van der Waals surface area contributed by atoms with Crippen molar-refractivity contribution in [2.45, 2.75) is 32.9 Å². The van der Waals surface area contributed by atoms with E-state index in [1.807, 2.05) is 6.92 Å².